The zero-order valence-electron chi connectivity index (χ0n) is 10.5. The summed E-state index contributed by atoms with van der Waals surface area (Å²) in [7, 11) is 1.63. The maximum Gasteiger partial charge on any atom is 0.255 e. The Balaban J connectivity index is 1.94. The Kier molecular flexibility index (Phi) is 2.83. The fourth-order valence-corrected chi connectivity index (χ4v) is 2.20. The van der Waals surface area contributed by atoms with Gasteiger partial charge in [0.05, 0.1) is 12.7 Å². The molecule has 2 aromatic rings. The quantitative estimate of drug-likeness (QED) is 0.866. The predicted octanol–water partition coefficient (Wildman–Crippen LogP) is 2.55. The predicted molar refractivity (Wildman–Crippen MR) is 73.3 cm³/mol. The number of amides is 1. The molecule has 1 atom stereocenters. The van der Waals surface area contributed by atoms with Crippen LogP contribution in [0.3, 0.4) is 0 Å². The lowest BCUT2D eigenvalue weighted by Gasteiger charge is -2.28. The summed E-state index contributed by atoms with van der Waals surface area (Å²) in [6.45, 7) is 0. The van der Waals surface area contributed by atoms with Gasteiger partial charge in [-0.25, -0.2) is 0 Å². The van der Waals surface area contributed by atoms with E-state index in [0.717, 1.165) is 17.0 Å². The van der Waals surface area contributed by atoms with Crippen molar-refractivity contribution in [2.75, 3.05) is 12.4 Å². The van der Waals surface area contributed by atoms with Crippen LogP contribution >= 0.6 is 0 Å². The van der Waals surface area contributed by atoms with Gasteiger partial charge in [0, 0.05) is 5.69 Å². The lowest BCUT2D eigenvalue weighted by atomic mass is 10.1. The Hall–Kier alpha value is -2.49. The highest BCUT2D eigenvalue weighted by atomic mass is 16.5. The van der Waals surface area contributed by atoms with Gasteiger partial charge in [0.15, 0.2) is 0 Å². The van der Waals surface area contributed by atoms with Gasteiger partial charge < -0.3 is 15.4 Å². The second-order valence-corrected chi connectivity index (χ2v) is 4.37. The zero-order valence-corrected chi connectivity index (χ0v) is 10.5. The number of carbonyl (C=O) groups is 1. The second kappa shape index (κ2) is 4.65. The van der Waals surface area contributed by atoms with Crippen LogP contribution in [-0.4, -0.2) is 13.0 Å². The van der Waals surface area contributed by atoms with Crippen molar-refractivity contribution in [3.05, 3.63) is 59.7 Å². The molecule has 1 amide bonds. The highest BCUT2D eigenvalue weighted by molar-refractivity contribution is 6.01. The lowest BCUT2D eigenvalue weighted by molar-refractivity contribution is 0.0935. The van der Waals surface area contributed by atoms with Gasteiger partial charge in [-0.15, -0.1) is 0 Å². The fourth-order valence-electron chi connectivity index (χ4n) is 2.20. The van der Waals surface area contributed by atoms with Crippen LogP contribution in [0.2, 0.25) is 0 Å². The molecule has 4 nitrogen and oxygen atoms in total. The van der Waals surface area contributed by atoms with E-state index >= 15 is 0 Å². The molecule has 0 bridgehead atoms. The number of rotatable bonds is 2. The summed E-state index contributed by atoms with van der Waals surface area (Å²) in [5.41, 5.74) is 2.47. The van der Waals surface area contributed by atoms with Crippen molar-refractivity contribution in [2.45, 2.75) is 6.17 Å². The van der Waals surface area contributed by atoms with Gasteiger partial charge in [0.2, 0.25) is 0 Å². The van der Waals surface area contributed by atoms with E-state index in [1.54, 1.807) is 13.2 Å². The van der Waals surface area contributed by atoms with Crippen molar-refractivity contribution < 1.29 is 9.53 Å². The minimum Gasteiger partial charge on any atom is -0.497 e. The molecule has 1 heterocycles. The van der Waals surface area contributed by atoms with Gasteiger partial charge in [0.25, 0.3) is 5.91 Å². The first kappa shape index (κ1) is 11.6. The monoisotopic (exact) mass is 254 g/mol. The van der Waals surface area contributed by atoms with Crippen molar-refractivity contribution in [1.82, 2.24) is 5.32 Å². The smallest absolute Gasteiger partial charge is 0.255 e. The SMILES string of the molecule is COc1cccc([C@@H]2NC(=O)c3ccccc3N2)c1. The lowest BCUT2D eigenvalue weighted by Crippen LogP contribution is -2.38. The normalized spacial score (nSPS) is 17.1. The largest absolute Gasteiger partial charge is 0.497 e. The molecular weight excluding hydrogens is 240 g/mol. The molecule has 96 valence electrons. The summed E-state index contributed by atoms with van der Waals surface area (Å²) in [5, 5.41) is 6.24. The van der Waals surface area contributed by atoms with E-state index in [1.165, 1.54) is 0 Å². The van der Waals surface area contributed by atoms with Crippen molar-refractivity contribution in [1.29, 1.82) is 0 Å². The Morgan fingerprint density at radius 1 is 1.05 bits per heavy atom. The molecule has 0 saturated heterocycles. The van der Waals surface area contributed by atoms with Crippen LogP contribution < -0.4 is 15.4 Å². The average molecular weight is 254 g/mol. The van der Waals surface area contributed by atoms with Gasteiger partial charge in [-0.2, -0.15) is 0 Å². The Morgan fingerprint density at radius 3 is 2.74 bits per heavy atom. The molecule has 3 rings (SSSR count). The second-order valence-electron chi connectivity index (χ2n) is 4.37. The fraction of sp³-hybridized carbons (Fsp3) is 0.133. The van der Waals surface area contributed by atoms with Crippen LogP contribution in [0.5, 0.6) is 5.75 Å². The molecule has 2 aromatic carbocycles. The molecule has 1 aliphatic heterocycles. The molecule has 19 heavy (non-hydrogen) atoms. The maximum absolute atomic E-state index is 12.0. The van der Waals surface area contributed by atoms with Crippen molar-refractivity contribution >= 4 is 11.6 Å². The van der Waals surface area contributed by atoms with E-state index in [-0.39, 0.29) is 12.1 Å². The summed E-state index contributed by atoms with van der Waals surface area (Å²) < 4.78 is 5.20. The molecule has 0 spiro atoms. The molecule has 0 aromatic heterocycles. The van der Waals surface area contributed by atoms with Crippen LogP contribution in [-0.2, 0) is 0 Å². The van der Waals surface area contributed by atoms with Gasteiger partial charge in [-0.05, 0) is 29.8 Å². The van der Waals surface area contributed by atoms with E-state index in [2.05, 4.69) is 10.6 Å². The molecule has 0 unspecified atom stereocenters. The van der Waals surface area contributed by atoms with E-state index in [0.29, 0.717) is 5.56 Å². The molecule has 0 saturated carbocycles. The van der Waals surface area contributed by atoms with E-state index in [4.69, 9.17) is 4.74 Å². The Morgan fingerprint density at radius 2 is 1.89 bits per heavy atom. The first-order valence-electron chi connectivity index (χ1n) is 6.08. The number of benzene rings is 2. The van der Waals surface area contributed by atoms with Crippen LogP contribution in [0.15, 0.2) is 48.5 Å². The Bertz CT molecular complexity index is 625. The number of carbonyl (C=O) groups excluding carboxylic acids is 1. The van der Waals surface area contributed by atoms with E-state index in [9.17, 15) is 4.79 Å². The number of fused-ring (bicyclic) bond motifs is 1. The van der Waals surface area contributed by atoms with Gasteiger partial charge >= 0.3 is 0 Å². The maximum atomic E-state index is 12.0. The van der Waals surface area contributed by atoms with Gasteiger partial charge in [-0.1, -0.05) is 24.3 Å². The third-order valence-corrected chi connectivity index (χ3v) is 3.17. The zero-order chi connectivity index (χ0) is 13.2. The summed E-state index contributed by atoms with van der Waals surface area (Å²) in [5.74, 6) is 0.703. The van der Waals surface area contributed by atoms with Crippen molar-refractivity contribution in [2.24, 2.45) is 0 Å². The summed E-state index contributed by atoms with van der Waals surface area (Å²) in [6.07, 6.45) is -0.238. The highest BCUT2D eigenvalue weighted by Crippen LogP contribution is 2.27. The summed E-state index contributed by atoms with van der Waals surface area (Å²) >= 11 is 0. The number of hydrogen-bond donors (Lipinski definition) is 2. The van der Waals surface area contributed by atoms with E-state index < -0.39 is 0 Å². The standard InChI is InChI=1S/C15H14N2O2/c1-19-11-6-4-5-10(9-11)14-16-13-8-3-2-7-12(13)15(18)17-14/h2-9,14,16H,1H3,(H,17,18)/t14-/m0/s1. The van der Waals surface area contributed by atoms with Crippen LogP contribution in [0, 0.1) is 0 Å². The van der Waals surface area contributed by atoms with Gasteiger partial charge in [-0.3, -0.25) is 4.79 Å². The molecule has 0 aliphatic carbocycles. The topological polar surface area (TPSA) is 50.4 Å². The molecule has 0 radical (unpaired) electrons. The van der Waals surface area contributed by atoms with E-state index in [1.807, 2.05) is 42.5 Å². The first-order valence-corrected chi connectivity index (χ1v) is 6.08. The molecular formula is C15H14N2O2. The number of nitrogens with one attached hydrogen (secondary N) is 2. The number of anilines is 1. The first-order chi connectivity index (χ1) is 9.28. The summed E-state index contributed by atoms with van der Waals surface area (Å²) in [4.78, 5) is 12.0. The number of ether oxygens (including phenoxy) is 1. The average Bonchev–Trinajstić information content (AvgIpc) is 2.47. The third kappa shape index (κ3) is 2.12. The molecule has 0 fully saturated rings. The molecule has 2 N–H and O–H groups in total. The summed E-state index contributed by atoms with van der Waals surface area (Å²) in [6, 6.07) is 15.1. The van der Waals surface area contributed by atoms with Crippen molar-refractivity contribution in [3.8, 4) is 5.75 Å². The van der Waals surface area contributed by atoms with Crippen molar-refractivity contribution in [3.63, 3.8) is 0 Å². The van der Waals surface area contributed by atoms with Crippen LogP contribution in [0.4, 0.5) is 5.69 Å². The molecule has 1 aliphatic rings. The van der Waals surface area contributed by atoms with Crippen LogP contribution in [0.25, 0.3) is 0 Å². The molecule has 4 heteroatoms. The van der Waals surface area contributed by atoms with Crippen LogP contribution in [0.1, 0.15) is 22.1 Å². The minimum atomic E-state index is -0.238. The third-order valence-electron chi connectivity index (χ3n) is 3.17. The Labute approximate surface area is 111 Å². The number of hydrogen-bond acceptors (Lipinski definition) is 3. The minimum absolute atomic E-state index is 0.0674. The van der Waals surface area contributed by atoms with Gasteiger partial charge in [0.1, 0.15) is 11.9 Å². The highest BCUT2D eigenvalue weighted by Gasteiger charge is 2.24. The number of methoxy groups -OCH3 is 1. The number of para-hydroxylation sites is 1.